The largest absolute Gasteiger partial charge is 0.506 e. The molecule has 1 aliphatic rings. The molecule has 0 spiro atoms. The molecule has 9 nitrogen and oxygen atoms in total. The van der Waals surface area contributed by atoms with Gasteiger partial charge in [-0.3, -0.25) is 24.5 Å². The number of phenolic OH excluding ortho intramolecular Hbond substituents is 1. The van der Waals surface area contributed by atoms with Gasteiger partial charge in [0.25, 0.3) is 10.9 Å². The quantitative estimate of drug-likeness (QED) is 0.447. The highest BCUT2D eigenvalue weighted by atomic mass is 32.2. The van der Waals surface area contributed by atoms with Gasteiger partial charge < -0.3 is 10.4 Å². The summed E-state index contributed by atoms with van der Waals surface area (Å²) in [6.07, 6.45) is -0.320. The van der Waals surface area contributed by atoms with Crippen LogP contribution in [-0.2, 0) is 9.59 Å². The molecule has 0 aromatic heterocycles. The number of nitrogens with zero attached hydrogens (tertiary/aromatic N) is 2. The van der Waals surface area contributed by atoms with E-state index in [1.54, 1.807) is 24.3 Å². The van der Waals surface area contributed by atoms with E-state index in [4.69, 9.17) is 0 Å². The lowest BCUT2D eigenvalue weighted by molar-refractivity contribution is -0.384. The molecule has 1 unspecified atom stereocenters. The van der Waals surface area contributed by atoms with Gasteiger partial charge in [-0.2, -0.15) is 0 Å². The molecular weight excluding hydrogens is 386 g/mol. The number of phenols is 1. The first-order valence-corrected chi connectivity index (χ1v) is 9.02. The van der Waals surface area contributed by atoms with E-state index < -0.39 is 27.2 Å². The summed E-state index contributed by atoms with van der Waals surface area (Å²) in [6.45, 7) is 1.88. The molecule has 2 aromatic carbocycles. The van der Waals surface area contributed by atoms with Gasteiger partial charge in [-0.1, -0.05) is 17.7 Å². The minimum absolute atomic E-state index is 0.142. The Labute approximate surface area is 163 Å². The summed E-state index contributed by atoms with van der Waals surface area (Å²) in [5.74, 6) is -1.51. The van der Waals surface area contributed by atoms with E-state index in [1.165, 1.54) is 0 Å². The zero-order chi connectivity index (χ0) is 20.4. The maximum Gasteiger partial charge on any atom is 0.293 e. The van der Waals surface area contributed by atoms with E-state index in [9.17, 15) is 29.6 Å². The van der Waals surface area contributed by atoms with Crippen LogP contribution in [0.5, 0.6) is 5.75 Å². The number of imide groups is 1. The monoisotopic (exact) mass is 401 g/mol. The van der Waals surface area contributed by atoms with E-state index in [2.05, 4.69) is 5.32 Å². The third-order valence-electron chi connectivity index (χ3n) is 4.05. The van der Waals surface area contributed by atoms with Crippen molar-refractivity contribution in [3.63, 3.8) is 0 Å². The maximum absolute atomic E-state index is 12.6. The molecule has 1 fully saturated rings. The highest BCUT2D eigenvalue weighted by molar-refractivity contribution is 8.15. The van der Waals surface area contributed by atoms with Crippen LogP contribution in [0.4, 0.5) is 21.9 Å². The minimum Gasteiger partial charge on any atom is -0.506 e. The number of non-ortho nitro benzene ring substituents is 1. The number of carbonyl (C=O) groups excluding carboxylic acids is 3. The number of hydrogen-bond donors (Lipinski definition) is 2. The van der Waals surface area contributed by atoms with Crippen LogP contribution >= 0.6 is 11.8 Å². The van der Waals surface area contributed by atoms with Crippen molar-refractivity contribution in [2.45, 2.75) is 18.6 Å². The summed E-state index contributed by atoms with van der Waals surface area (Å²) in [4.78, 5) is 48.2. The lowest BCUT2D eigenvalue weighted by atomic mass is 10.2. The lowest BCUT2D eigenvalue weighted by Crippen LogP contribution is -2.32. The molecule has 1 saturated heterocycles. The summed E-state index contributed by atoms with van der Waals surface area (Å²) in [5, 5.41) is 21.5. The zero-order valence-electron chi connectivity index (χ0n) is 14.6. The molecule has 0 aliphatic carbocycles. The van der Waals surface area contributed by atoms with E-state index in [0.717, 1.165) is 40.4 Å². The average Bonchev–Trinajstić information content (AvgIpc) is 2.91. The fraction of sp³-hybridized carbons (Fsp3) is 0.167. The molecule has 1 aliphatic heterocycles. The molecule has 2 N–H and O–H groups in total. The van der Waals surface area contributed by atoms with E-state index >= 15 is 0 Å². The standard InChI is InChI=1S/C18H15N3O6S/c1-10-2-4-11(5-3-10)20-17(24)15(28-18(20)25)9-16(23)19-13-8-12(21(26)27)6-7-14(13)22/h2-8,15,22H,9H2,1H3,(H,19,23). The average molecular weight is 401 g/mol. The van der Waals surface area contributed by atoms with Crippen molar-refractivity contribution in [1.82, 2.24) is 0 Å². The Kier molecular flexibility index (Phi) is 5.32. The number of anilines is 2. The molecule has 1 atom stereocenters. The predicted octanol–water partition coefficient (Wildman–Crippen LogP) is 3.21. The van der Waals surface area contributed by atoms with Crippen LogP contribution in [0.2, 0.25) is 0 Å². The Morgan fingerprint density at radius 1 is 1.25 bits per heavy atom. The van der Waals surface area contributed by atoms with Crippen molar-refractivity contribution >= 4 is 45.9 Å². The Hall–Kier alpha value is -3.40. The second-order valence-electron chi connectivity index (χ2n) is 6.09. The molecule has 144 valence electrons. The van der Waals surface area contributed by atoms with Crippen molar-refractivity contribution in [2.75, 3.05) is 10.2 Å². The number of nitro benzene ring substituents is 1. The van der Waals surface area contributed by atoms with E-state index in [-0.39, 0.29) is 23.5 Å². The van der Waals surface area contributed by atoms with Crippen LogP contribution in [0.25, 0.3) is 0 Å². The van der Waals surface area contributed by atoms with Gasteiger partial charge in [-0.05, 0) is 36.9 Å². The summed E-state index contributed by atoms with van der Waals surface area (Å²) in [5.41, 5.74) is 0.951. The first kappa shape index (κ1) is 19.4. The second kappa shape index (κ2) is 7.69. The van der Waals surface area contributed by atoms with Crippen LogP contribution in [-0.4, -0.2) is 32.3 Å². The number of nitro groups is 1. The highest BCUT2D eigenvalue weighted by Crippen LogP contribution is 2.34. The Balaban J connectivity index is 1.70. The number of aromatic hydroxyl groups is 1. The van der Waals surface area contributed by atoms with Crippen LogP contribution in [0, 0.1) is 17.0 Å². The Bertz CT molecular complexity index is 976. The number of benzene rings is 2. The molecular formula is C18H15N3O6S. The highest BCUT2D eigenvalue weighted by Gasteiger charge is 2.41. The second-order valence-corrected chi connectivity index (χ2v) is 7.25. The molecule has 3 rings (SSSR count). The molecule has 28 heavy (non-hydrogen) atoms. The number of aryl methyl sites for hydroxylation is 1. The van der Waals surface area contributed by atoms with Gasteiger partial charge >= 0.3 is 0 Å². The van der Waals surface area contributed by atoms with Gasteiger partial charge in [0.15, 0.2) is 0 Å². The number of thioether (sulfide) groups is 1. The molecule has 1 heterocycles. The van der Waals surface area contributed by atoms with Crippen molar-refractivity contribution in [1.29, 1.82) is 0 Å². The normalized spacial score (nSPS) is 16.3. The third-order valence-corrected chi connectivity index (χ3v) is 5.09. The van der Waals surface area contributed by atoms with Crippen molar-refractivity contribution in [3.8, 4) is 5.75 Å². The summed E-state index contributed by atoms with van der Waals surface area (Å²) in [7, 11) is 0. The molecule has 10 heteroatoms. The van der Waals surface area contributed by atoms with Gasteiger partial charge in [-0.25, -0.2) is 4.90 Å². The number of rotatable bonds is 5. The number of amides is 3. The summed E-state index contributed by atoms with van der Waals surface area (Å²) < 4.78 is 0. The topological polar surface area (TPSA) is 130 Å². The Morgan fingerprint density at radius 2 is 1.93 bits per heavy atom. The van der Waals surface area contributed by atoms with Gasteiger partial charge in [-0.15, -0.1) is 0 Å². The number of hydrogen-bond acceptors (Lipinski definition) is 7. The van der Waals surface area contributed by atoms with Crippen LogP contribution < -0.4 is 10.2 Å². The van der Waals surface area contributed by atoms with E-state index in [1.807, 2.05) is 6.92 Å². The van der Waals surface area contributed by atoms with E-state index in [0.29, 0.717) is 5.69 Å². The fourth-order valence-corrected chi connectivity index (χ4v) is 3.61. The van der Waals surface area contributed by atoms with Crippen molar-refractivity contribution in [3.05, 3.63) is 58.1 Å². The van der Waals surface area contributed by atoms with Crippen LogP contribution in [0.3, 0.4) is 0 Å². The van der Waals surface area contributed by atoms with Gasteiger partial charge in [0.1, 0.15) is 11.0 Å². The minimum atomic E-state index is -0.922. The van der Waals surface area contributed by atoms with Gasteiger partial charge in [0, 0.05) is 18.6 Å². The fourth-order valence-electron chi connectivity index (χ4n) is 2.62. The molecule has 3 amide bonds. The van der Waals surface area contributed by atoms with Gasteiger partial charge in [0.2, 0.25) is 11.8 Å². The van der Waals surface area contributed by atoms with Gasteiger partial charge in [0.05, 0.1) is 16.3 Å². The Morgan fingerprint density at radius 3 is 2.57 bits per heavy atom. The van der Waals surface area contributed by atoms with Crippen LogP contribution in [0.15, 0.2) is 42.5 Å². The lowest BCUT2D eigenvalue weighted by Gasteiger charge is -2.14. The maximum atomic E-state index is 12.6. The van der Waals surface area contributed by atoms with Crippen molar-refractivity contribution in [2.24, 2.45) is 0 Å². The molecule has 0 radical (unpaired) electrons. The molecule has 2 aromatic rings. The predicted molar refractivity (Wildman–Crippen MR) is 103 cm³/mol. The molecule has 0 saturated carbocycles. The SMILES string of the molecule is Cc1ccc(N2C(=O)SC(CC(=O)Nc3cc([N+](=O)[O-])ccc3O)C2=O)cc1. The number of carbonyl (C=O) groups is 3. The van der Waals surface area contributed by atoms with Crippen molar-refractivity contribution < 1.29 is 24.4 Å². The summed E-state index contributed by atoms with van der Waals surface area (Å²) in [6, 6.07) is 10.0. The molecule has 0 bridgehead atoms. The first-order valence-electron chi connectivity index (χ1n) is 8.15. The zero-order valence-corrected chi connectivity index (χ0v) is 15.4. The summed E-state index contributed by atoms with van der Waals surface area (Å²) >= 11 is 0.738. The first-order chi connectivity index (χ1) is 13.3. The number of nitrogens with one attached hydrogen (secondary N) is 1. The third kappa shape index (κ3) is 3.96. The smallest absolute Gasteiger partial charge is 0.293 e. The van der Waals surface area contributed by atoms with Crippen LogP contribution in [0.1, 0.15) is 12.0 Å².